The van der Waals surface area contributed by atoms with Crippen molar-refractivity contribution in [2.45, 2.75) is 39.2 Å². The molecule has 7 heteroatoms. The summed E-state index contributed by atoms with van der Waals surface area (Å²) in [5.41, 5.74) is 1.16. The molecule has 1 N–H and O–H groups in total. The number of fused-ring (bicyclic) bond motifs is 1. The van der Waals surface area contributed by atoms with Crippen molar-refractivity contribution in [3.63, 3.8) is 0 Å². The topological polar surface area (TPSA) is 98.9 Å². The number of carbonyl (C=O) groups excluding carboxylic acids is 1. The number of hydrogen-bond donors (Lipinski definition) is 1. The molecule has 7 nitrogen and oxygen atoms in total. The molecule has 2 rings (SSSR count). The third-order valence-corrected chi connectivity index (χ3v) is 4.27. The molecular weight excluding hydrogens is 302 g/mol. The van der Waals surface area contributed by atoms with Crippen molar-refractivity contribution in [2.24, 2.45) is 0 Å². The number of nitro groups is 1. The summed E-state index contributed by atoms with van der Waals surface area (Å²) < 4.78 is 10.7. The fraction of sp³-hybridized carbons (Fsp3) is 0.438. The summed E-state index contributed by atoms with van der Waals surface area (Å²) in [5, 5.41) is 20.9. The zero-order chi connectivity index (χ0) is 17.4. The molecule has 1 unspecified atom stereocenters. The standard InChI is InChI=1S/C16H19NO6/c1-9-10(2)14-12(11(13(9)18)6-8-17(20)21)5-7-16(3,23-14)15(19)22-4/h6,8,18H,5,7H2,1-4H3. The Labute approximate surface area is 133 Å². The highest BCUT2D eigenvalue weighted by Gasteiger charge is 2.42. The molecule has 0 saturated heterocycles. The van der Waals surface area contributed by atoms with E-state index < -0.39 is 16.5 Å². The summed E-state index contributed by atoms with van der Waals surface area (Å²) in [5.74, 6) is -0.0114. The van der Waals surface area contributed by atoms with Gasteiger partial charge in [0.1, 0.15) is 11.5 Å². The number of rotatable bonds is 3. The molecule has 1 atom stereocenters. The van der Waals surface area contributed by atoms with Crippen molar-refractivity contribution in [3.05, 3.63) is 38.6 Å². The van der Waals surface area contributed by atoms with Crippen molar-refractivity contribution in [1.29, 1.82) is 0 Å². The maximum Gasteiger partial charge on any atom is 0.349 e. The summed E-state index contributed by atoms with van der Waals surface area (Å²) in [4.78, 5) is 21.9. The third kappa shape index (κ3) is 2.86. The Kier molecular flexibility index (Phi) is 4.31. The molecule has 124 valence electrons. The summed E-state index contributed by atoms with van der Waals surface area (Å²) in [6, 6.07) is 0. The Morgan fingerprint density at radius 3 is 2.65 bits per heavy atom. The minimum absolute atomic E-state index is 0.00961. The van der Waals surface area contributed by atoms with Gasteiger partial charge in [0.2, 0.25) is 11.8 Å². The van der Waals surface area contributed by atoms with Crippen molar-refractivity contribution in [3.8, 4) is 11.5 Å². The van der Waals surface area contributed by atoms with Crippen LogP contribution in [0.2, 0.25) is 0 Å². The molecule has 0 aliphatic carbocycles. The summed E-state index contributed by atoms with van der Waals surface area (Å²) in [6.07, 6.45) is 2.82. The van der Waals surface area contributed by atoms with E-state index >= 15 is 0 Å². The normalized spacial score (nSPS) is 20.0. The highest BCUT2D eigenvalue weighted by molar-refractivity contribution is 5.81. The molecule has 0 amide bonds. The van der Waals surface area contributed by atoms with E-state index in [1.807, 2.05) is 0 Å². The quantitative estimate of drug-likeness (QED) is 0.522. The van der Waals surface area contributed by atoms with Crippen LogP contribution in [0.25, 0.3) is 6.08 Å². The predicted octanol–water partition coefficient (Wildman–Crippen LogP) is 2.51. The van der Waals surface area contributed by atoms with Crippen LogP contribution in [0.3, 0.4) is 0 Å². The van der Waals surface area contributed by atoms with Crippen LogP contribution in [0, 0.1) is 24.0 Å². The summed E-state index contributed by atoms with van der Waals surface area (Å²) in [7, 11) is 1.30. The van der Waals surface area contributed by atoms with Gasteiger partial charge in [0.25, 0.3) is 0 Å². The second-order valence-corrected chi connectivity index (χ2v) is 5.75. The first kappa shape index (κ1) is 16.8. The molecule has 0 spiro atoms. The van der Waals surface area contributed by atoms with Crippen LogP contribution in [0.1, 0.15) is 35.6 Å². The van der Waals surface area contributed by atoms with Crippen molar-refractivity contribution in [1.82, 2.24) is 0 Å². The molecular formula is C16H19NO6. The van der Waals surface area contributed by atoms with Crippen LogP contribution >= 0.6 is 0 Å². The van der Waals surface area contributed by atoms with Gasteiger partial charge in [-0.25, -0.2) is 4.79 Å². The second kappa shape index (κ2) is 5.91. The molecule has 1 heterocycles. The average molecular weight is 321 g/mol. The average Bonchev–Trinajstić information content (AvgIpc) is 2.52. The SMILES string of the molecule is COC(=O)C1(C)CCc2c(C=C[N+](=O)[O-])c(O)c(C)c(C)c2O1. The predicted molar refractivity (Wildman–Crippen MR) is 83.0 cm³/mol. The minimum atomic E-state index is -1.11. The Balaban J connectivity index is 2.61. The highest BCUT2D eigenvalue weighted by Crippen LogP contribution is 2.44. The first-order chi connectivity index (χ1) is 10.7. The van der Waals surface area contributed by atoms with Gasteiger partial charge >= 0.3 is 5.97 Å². The Bertz CT molecular complexity index is 709. The number of aromatic hydroxyl groups is 1. The highest BCUT2D eigenvalue weighted by atomic mass is 16.6. The van der Waals surface area contributed by atoms with E-state index in [-0.39, 0.29) is 5.75 Å². The number of nitrogens with zero attached hydrogens (tertiary/aromatic N) is 1. The number of methoxy groups -OCH3 is 1. The maximum absolute atomic E-state index is 12.0. The molecule has 0 radical (unpaired) electrons. The number of carbonyl (C=O) groups is 1. The van der Waals surface area contributed by atoms with Gasteiger partial charge in [-0.1, -0.05) is 0 Å². The minimum Gasteiger partial charge on any atom is -0.507 e. The van der Waals surface area contributed by atoms with Crippen LogP contribution < -0.4 is 4.74 Å². The monoisotopic (exact) mass is 321 g/mol. The number of benzene rings is 1. The van der Waals surface area contributed by atoms with Gasteiger partial charge in [0, 0.05) is 23.6 Å². The number of hydrogen-bond acceptors (Lipinski definition) is 6. The molecule has 0 fully saturated rings. The summed E-state index contributed by atoms with van der Waals surface area (Å²) >= 11 is 0. The first-order valence-corrected chi connectivity index (χ1v) is 7.15. The van der Waals surface area contributed by atoms with Crippen LogP contribution in [-0.2, 0) is 16.0 Å². The van der Waals surface area contributed by atoms with Gasteiger partial charge in [-0.2, -0.15) is 0 Å². The van der Waals surface area contributed by atoms with E-state index in [0.29, 0.717) is 40.8 Å². The fourth-order valence-electron chi connectivity index (χ4n) is 2.74. The Morgan fingerprint density at radius 2 is 2.09 bits per heavy atom. The smallest absolute Gasteiger partial charge is 0.349 e. The molecule has 0 aromatic heterocycles. The lowest BCUT2D eigenvalue weighted by Crippen LogP contribution is -2.45. The van der Waals surface area contributed by atoms with Crippen LogP contribution in [-0.4, -0.2) is 28.7 Å². The molecule has 0 bridgehead atoms. The van der Waals surface area contributed by atoms with Crippen molar-refractivity contribution >= 4 is 12.0 Å². The van der Waals surface area contributed by atoms with Gasteiger partial charge in [-0.3, -0.25) is 10.1 Å². The van der Waals surface area contributed by atoms with Gasteiger partial charge in [-0.05, 0) is 38.3 Å². The van der Waals surface area contributed by atoms with Crippen LogP contribution in [0.4, 0.5) is 0 Å². The van der Waals surface area contributed by atoms with Crippen molar-refractivity contribution in [2.75, 3.05) is 7.11 Å². The van der Waals surface area contributed by atoms with E-state index in [1.54, 1.807) is 20.8 Å². The lowest BCUT2D eigenvalue weighted by atomic mass is 9.86. The van der Waals surface area contributed by atoms with E-state index in [0.717, 1.165) is 6.20 Å². The van der Waals surface area contributed by atoms with E-state index in [4.69, 9.17) is 9.47 Å². The van der Waals surface area contributed by atoms with Crippen LogP contribution in [0.5, 0.6) is 11.5 Å². The third-order valence-electron chi connectivity index (χ3n) is 4.27. The second-order valence-electron chi connectivity index (χ2n) is 5.75. The van der Waals surface area contributed by atoms with Gasteiger partial charge in [-0.15, -0.1) is 0 Å². The number of phenolic OH excluding ortho intramolecular Hbond substituents is 1. The zero-order valence-corrected chi connectivity index (χ0v) is 13.5. The van der Waals surface area contributed by atoms with Gasteiger partial charge < -0.3 is 14.6 Å². The number of phenols is 1. The van der Waals surface area contributed by atoms with Gasteiger partial charge in [0.15, 0.2) is 0 Å². The van der Waals surface area contributed by atoms with Gasteiger partial charge in [0.05, 0.1) is 12.0 Å². The summed E-state index contributed by atoms with van der Waals surface area (Å²) in [6.45, 7) is 5.12. The van der Waals surface area contributed by atoms with E-state index in [1.165, 1.54) is 13.2 Å². The maximum atomic E-state index is 12.0. The molecule has 1 aliphatic rings. The molecule has 1 aromatic rings. The molecule has 1 aliphatic heterocycles. The molecule has 0 saturated carbocycles. The Morgan fingerprint density at radius 1 is 1.43 bits per heavy atom. The van der Waals surface area contributed by atoms with E-state index in [2.05, 4.69) is 0 Å². The molecule has 23 heavy (non-hydrogen) atoms. The number of esters is 1. The van der Waals surface area contributed by atoms with E-state index in [9.17, 15) is 20.0 Å². The largest absolute Gasteiger partial charge is 0.507 e. The van der Waals surface area contributed by atoms with Crippen LogP contribution in [0.15, 0.2) is 6.20 Å². The lowest BCUT2D eigenvalue weighted by molar-refractivity contribution is -0.400. The number of ether oxygens (including phenoxy) is 2. The zero-order valence-electron chi connectivity index (χ0n) is 13.5. The first-order valence-electron chi connectivity index (χ1n) is 7.15. The van der Waals surface area contributed by atoms with Crippen molar-refractivity contribution < 1.29 is 24.3 Å². The fourth-order valence-corrected chi connectivity index (χ4v) is 2.74. The molecule has 1 aromatic carbocycles. The lowest BCUT2D eigenvalue weighted by Gasteiger charge is -2.35. The Hall–Kier alpha value is -2.57.